The Hall–Kier alpha value is -3.24. The van der Waals surface area contributed by atoms with E-state index >= 15 is 0 Å². The van der Waals surface area contributed by atoms with Crippen LogP contribution in [-0.2, 0) is 0 Å². The molecule has 1 N–H and O–H groups in total. The molecule has 4 rings (SSSR count). The van der Waals surface area contributed by atoms with E-state index in [0.29, 0.717) is 33.8 Å². The lowest BCUT2D eigenvalue weighted by molar-refractivity contribution is 0.340. The maximum Gasteiger partial charge on any atom is 0.197 e. The highest BCUT2D eigenvalue weighted by Crippen LogP contribution is 2.31. The zero-order valence-electron chi connectivity index (χ0n) is 17.1. The molecule has 0 radical (unpaired) electrons. The monoisotopic (exact) mass is 419 g/mol. The maximum atomic E-state index is 13.2. The number of hydrogen-bond acceptors (Lipinski definition) is 3. The number of benzene rings is 3. The van der Waals surface area contributed by atoms with Gasteiger partial charge in [0.25, 0.3) is 0 Å². The predicted octanol–water partition coefficient (Wildman–Crippen LogP) is 6.23. The van der Waals surface area contributed by atoms with Gasteiger partial charge in [0.2, 0.25) is 0 Å². The largest absolute Gasteiger partial charge is 0.495 e. The number of ether oxygens (including phenoxy) is 2. The lowest BCUT2D eigenvalue weighted by Gasteiger charge is -2.11. The zero-order chi connectivity index (χ0) is 21.3. The highest BCUT2D eigenvalue weighted by Gasteiger charge is 2.14. The molecular weight excluding hydrogens is 398 g/mol. The Labute approximate surface area is 180 Å². The van der Waals surface area contributed by atoms with Gasteiger partial charge in [-0.3, -0.25) is 4.79 Å². The van der Waals surface area contributed by atoms with Crippen LogP contribution in [0.25, 0.3) is 33.2 Å². The van der Waals surface area contributed by atoms with Crippen LogP contribution in [0.2, 0.25) is 5.02 Å². The number of nitrogens with one attached hydrogen (secondary N) is 1. The molecule has 4 nitrogen and oxygen atoms in total. The summed E-state index contributed by atoms with van der Waals surface area (Å²) in [6.45, 7) is 4.49. The molecule has 0 amide bonds. The van der Waals surface area contributed by atoms with Gasteiger partial charge in [-0.05, 0) is 48.7 Å². The third-order valence-corrected chi connectivity index (χ3v) is 5.41. The van der Waals surface area contributed by atoms with Crippen LogP contribution in [0.5, 0.6) is 11.5 Å². The summed E-state index contributed by atoms with van der Waals surface area (Å²) in [6, 6.07) is 19.4. The SMILES string of the molecule is CCOc1cccc(-c2ccc(-c3c(C)[nH]c4cc(OC)c(Cl)cc4c3=O)cc2)c1. The third-order valence-electron chi connectivity index (χ3n) is 5.11. The summed E-state index contributed by atoms with van der Waals surface area (Å²) in [7, 11) is 1.55. The molecule has 0 aliphatic carbocycles. The van der Waals surface area contributed by atoms with E-state index in [1.54, 1.807) is 19.2 Å². The number of H-pyrrole nitrogens is 1. The van der Waals surface area contributed by atoms with Crippen molar-refractivity contribution in [1.29, 1.82) is 0 Å². The fraction of sp³-hybridized carbons (Fsp3) is 0.160. The van der Waals surface area contributed by atoms with Crippen LogP contribution in [0.3, 0.4) is 0 Å². The van der Waals surface area contributed by atoms with Crippen LogP contribution < -0.4 is 14.9 Å². The van der Waals surface area contributed by atoms with Gasteiger partial charge in [0.05, 0.1) is 24.3 Å². The molecule has 1 heterocycles. The van der Waals surface area contributed by atoms with E-state index in [1.165, 1.54) is 0 Å². The van der Waals surface area contributed by atoms with Crippen molar-refractivity contribution in [3.8, 4) is 33.8 Å². The topological polar surface area (TPSA) is 51.3 Å². The lowest BCUT2D eigenvalue weighted by atomic mass is 9.98. The number of fused-ring (bicyclic) bond motifs is 1. The van der Waals surface area contributed by atoms with E-state index in [0.717, 1.165) is 28.1 Å². The maximum absolute atomic E-state index is 13.2. The van der Waals surface area contributed by atoms with Crippen molar-refractivity contribution in [2.45, 2.75) is 13.8 Å². The third kappa shape index (κ3) is 3.66. The molecule has 4 aromatic rings. The first-order chi connectivity index (χ1) is 14.5. The van der Waals surface area contributed by atoms with Gasteiger partial charge in [-0.15, -0.1) is 0 Å². The van der Waals surface area contributed by atoms with Crippen LogP contribution in [0, 0.1) is 6.92 Å². The van der Waals surface area contributed by atoms with Gasteiger partial charge >= 0.3 is 0 Å². The van der Waals surface area contributed by atoms with Gasteiger partial charge in [-0.25, -0.2) is 0 Å². The standard InChI is InChI=1S/C25H22ClNO3/c1-4-30-19-7-5-6-18(12-19)16-8-10-17(11-9-16)24-15(2)27-22-14-23(29-3)21(26)13-20(22)25(24)28/h5-14H,4H2,1-3H3,(H,27,28). The first-order valence-electron chi connectivity index (χ1n) is 9.75. The molecule has 3 aromatic carbocycles. The summed E-state index contributed by atoms with van der Waals surface area (Å²) in [5.74, 6) is 1.37. The molecule has 0 unspecified atom stereocenters. The molecule has 0 atom stereocenters. The molecule has 1 aromatic heterocycles. The number of rotatable bonds is 5. The smallest absolute Gasteiger partial charge is 0.197 e. The van der Waals surface area contributed by atoms with Gasteiger partial charge in [0.15, 0.2) is 5.43 Å². The Morgan fingerprint density at radius 2 is 1.70 bits per heavy atom. The van der Waals surface area contributed by atoms with E-state index in [9.17, 15) is 4.79 Å². The number of aromatic nitrogens is 1. The van der Waals surface area contributed by atoms with Gasteiger partial charge in [0, 0.05) is 22.7 Å². The Balaban J connectivity index is 1.77. The Morgan fingerprint density at radius 3 is 2.40 bits per heavy atom. The minimum absolute atomic E-state index is 0.0584. The van der Waals surface area contributed by atoms with E-state index in [-0.39, 0.29) is 5.43 Å². The Morgan fingerprint density at radius 1 is 0.967 bits per heavy atom. The molecule has 152 valence electrons. The van der Waals surface area contributed by atoms with Crippen LogP contribution in [0.15, 0.2) is 65.5 Å². The lowest BCUT2D eigenvalue weighted by Crippen LogP contribution is -2.10. The second-order valence-electron chi connectivity index (χ2n) is 7.02. The Kier molecular flexibility index (Phi) is 5.51. The molecule has 30 heavy (non-hydrogen) atoms. The van der Waals surface area contributed by atoms with Gasteiger partial charge in [-0.1, -0.05) is 48.0 Å². The van der Waals surface area contributed by atoms with Crippen molar-refractivity contribution < 1.29 is 9.47 Å². The normalized spacial score (nSPS) is 10.9. The molecule has 0 fully saturated rings. The Bertz CT molecular complexity index is 1280. The van der Waals surface area contributed by atoms with Crippen LogP contribution in [0.4, 0.5) is 0 Å². The highest BCUT2D eigenvalue weighted by molar-refractivity contribution is 6.32. The summed E-state index contributed by atoms with van der Waals surface area (Å²) < 4.78 is 10.9. The fourth-order valence-electron chi connectivity index (χ4n) is 3.68. The minimum Gasteiger partial charge on any atom is -0.495 e. The van der Waals surface area contributed by atoms with Crippen molar-refractivity contribution in [3.63, 3.8) is 0 Å². The molecule has 0 spiro atoms. The summed E-state index contributed by atoms with van der Waals surface area (Å²) in [5, 5.41) is 0.949. The minimum atomic E-state index is -0.0584. The molecule has 0 aliphatic rings. The number of halogens is 1. The van der Waals surface area contributed by atoms with Gasteiger partial charge in [0.1, 0.15) is 11.5 Å². The predicted molar refractivity (Wildman–Crippen MR) is 123 cm³/mol. The number of aromatic amines is 1. The highest BCUT2D eigenvalue weighted by atomic mass is 35.5. The van der Waals surface area contributed by atoms with Crippen molar-refractivity contribution in [2.75, 3.05) is 13.7 Å². The number of pyridine rings is 1. The van der Waals surface area contributed by atoms with Crippen molar-refractivity contribution in [1.82, 2.24) is 4.98 Å². The molecule has 0 bridgehead atoms. The molecule has 5 heteroatoms. The van der Waals surface area contributed by atoms with Gasteiger partial charge < -0.3 is 14.5 Å². The average Bonchev–Trinajstić information content (AvgIpc) is 2.75. The fourth-order valence-corrected chi connectivity index (χ4v) is 3.92. The number of methoxy groups -OCH3 is 1. The molecule has 0 saturated carbocycles. The molecule has 0 saturated heterocycles. The first-order valence-corrected chi connectivity index (χ1v) is 10.1. The van der Waals surface area contributed by atoms with E-state index in [1.807, 2.05) is 62.4 Å². The van der Waals surface area contributed by atoms with Crippen molar-refractivity contribution in [2.24, 2.45) is 0 Å². The van der Waals surface area contributed by atoms with Crippen LogP contribution in [-0.4, -0.2) is 18.7 Å². The van der Waals surface area contributed by atoms with E-state index in [4.69, 9.17) is 21.1 Å². The summed E-state index contributed by atoms with van der Waals surface area (Å²) in [5.41, 5.74) is 5.05. The van der Waals surface area contributed by atoms with Gasteiger partial charge in [-0.2, -0.15) is 0 Å². The number of aryl methyl sites for hydroxylation is 1. The summed E-state index contributed by atoms with van der Waals surface area (Å²) in [6.07, 6.45) is 0. The quantitative estimate of drug-likeness (QED) is 0.417. The van der Waals surface area contributed by atoms with E-state index in [2.05, 4.69) is 4.98 Å². The zero-order valence-corrected chi connectivity index (χ0v) is 17.8. The molecular formula is C25H22ClNO3. The first kappa shape index (κ1) is 20.0. The summed E-state index contributed by atoms with van der Waals surface area (Å²) in [4.78, 5) is 16.5. The number of hydrogen-bond donors (Lipinski definition) is 1. The second-order valence-corrected chi connectivity index (χ2v) is 7.43. The second kappa shape index (κ2) is 8.25. The average molecular weight is 420 g/mol. The molecule has 0 aliphatic heterocycles. The van der Waals surface area contributed by atoms with Crippen LogP contribution in [0.1, 0.15) is 12.6 Å². The van der Waals surface area contributed by atoms with Crippen molar-refractivity contribution >= 4 is 22.5 Å². The van der Waals surface area contributed by atoms with Crippen molar-refractivity contribution in [3.05, 3.63) is 81.6 Å². The van der Waals surface area contributed by atoms with E-state index < -0.39 is 0 Å². The summed E-state index contributed by atoms with van der Waals surface area (Å²) >= 11 is 6.25. The van der Waals surface area contributed by atoms with Crippen LogP contribution >= 0.6 is 11.6 Å².